The fourth-order valence-corrected chi connectivity index (χ4v) is 3.63. The molecule has 1 atom stereocenters. The zero-order chi connectivity index (χ0) is 12.4. The van der Waals surface area contributed by atoms with Crippen LogP contribution in [0, 0.1) is 5.92 Å². The van der Waals surface area contributed by atoms with Gasteiger partial charge in [0.25, 0.3) is 5.91 Å². The molecule has 0 saturated carbocycles. The van der Waals surface area contributed by atoms with E-state index in [2.05, 4.69) is 19.2 Å². The lowest BCUT2D eigenvalue weighted by molar-refractivity contribution is 0.0932. The van der Waals surface area contributed by atoms with Gasteiger partial charge >= 0.3 is 0 Å². The predicted molar refractivity (Wildman–Crippen MR) is 74.8 cm³/mol. The summed E-state index contributed by atoms with van der Waals surface area (Å²) in [7, 11) is 0. The van der Waals surface area contributed by atoms with E-state index in [0.29, 0.717) is 12.5 Å². The molecule has 1 unspecified atom stereocenters. The predicted octanol–water partition coefficient (Wildman–Crippen LogP) is 2.68. The number of thiophene rings is 2. The lowest BCUT2D eigenvalue weighted by atomic mass is 10.0. The summed E-state index contributed by atoms with van der Waals surface area (Å²) in [6.07, 6.45) is 0. The first-order valence-electron chi connectivity index (χ1n) is 5.59. The van der Waals surface area contributed by atoms with Crippen LogP contribution in [-0.2, 0) is 0 Å². The van der Waals surface area contributed by atoms with Gasteiger partial charge < -0.3 is 11.1 Å². The first-order valence-corrected chi connectivity index (χ1v) is 7.29. The van der Waals surface area contributed by atoms with Gasteiger partial charge in [-0.25, -0.2) is 0 Å². The minimum atomic E-state index is -0.0115. The Hall–Kier alpha value is -0.910. The average molecular weight is 268 g/mol. The van der Waals surface area contributed by atoms with Crippen LogP contribution in [0.4, 0.5) is 0 Å². The largest absolute Gasteiger partial charge is 0.347 e. The average Bonchev–Trinajstić information content (AvgIpc) is 2.84. The standard InChI is InChI=1S/C12H16N2OS2/c1-7(2)8(6-13)14-12(15)11-5-10-9(17-11)3-4-16-10/h3-5,7-8H,6,13H2,1-2H3,(H,14,15). The lowest BCUT2D eigenvalue weighted by Crippen LogP contribution is -2.43. The maximum atomic E-state index is 12.0. The second kappa shape index (κ2) is 5.16. The van der Waals surface area contributed by atoms with Gasteiger partial charge in [0.2, 0.25) is 0 Å². The molecule has 92 valence electrons. The van der Waals surface area contributed by atoms with Crippen molar-refractivity contribution in [3.05, 3.63) is 22.4 Å². The Kier molecular flexibility index (Phi) is 3.81. The monoisotopic (exact) mass is 268 g/mol. The van der Waals surface area contributed by atoms with Gasteiger partial charge in [-0.1, -0.05) is 13.8 Å². The van der Waals surface area contributed by atoms with Gasteiger partial charge in [0.05, 0.1) is 4.88 Å². The van der Waals surface area contributed by atoms with Crippen LogP contribution in [0.25, 0.3) is 9.40 Å². The number of hydrogen-bond donors (Lipinski definition) is 2. The number of nitrogens with one attached hydrogen (secondary N) is 1. The van der Waals surface area contributed by atoms with Crippen molar-refractivity contribution < 1.29 is 4.79 Å². The van der Waals surface area contributed by atoms with Crippen LogP contribution in [0.1, 0.15) is 23.5 Å². The first-order chi connectivity index (χ1) is 8.11. The van der Waals surface area contributed by atoms with Crippen molar-refractivity contribution >= 4 is 38.0 Å². The zero-order valence-corrected chi connectivity index (χ0v) is 11.5. The number of rotatable bonds is 4. The molecule has 0 aliphatic heterocycles. The van der Waals surface area contributed by atoms with Crippen LogP contribution in [0.5, 0.6) is 0 Å². The van der Waals surface area contributed by atoms with Crippen LogP contribution < -0.4 is 11.1 Å². The number of carbonyl (C=O) groups excluding carboxylic acids is 1. The Balaban J connectivity index is 2.12. The van der Waals surface area contributed by atoms with Crippen molar-refractivity contribution in [3.8, 4) is 0 Å². The van der Waals surface area contributed by atoms with E-state index < -0.39 is 0 Å². The smallest absolute Gasteiger partial charge is 0.261 e. The van der Waals surface area contributed by atoms with E-state index in [1.807, 2.05) is 17.5 Å². The molecule has 0 bridgehead atoms. The molecule has 0 fully saturated rings. The fraction of sp³-hybridized carbons (Fsp3) is 0.417. The Morgan fingerprint density at radius 2 is 2.24 bits per heavy atom. The molecule has 0 saturated heterocycles. The van der Waals surface area contributed by atoms with Crippen LogP contribution >= 0.6 is 22.7 Å². The third kappa shape index (κ3) is 2.68. The summed E-state index contributed by atoms with van der Waals surface area (Å²) >= 11 is 3.20. The third-order valence-corrected chi connectivity index (χ3v) is 4.83. The summed E-state index contributed by atoms with van der Waals surface area (Å²) in [6.45, 7) is 4.60. The third-order valence-electron chi connectivity index (χ3n) is 2.74. The molecular weight excluding hydrogens is 252 g/mol. The summed E-state index contributed by atoms with van der Waals surface area (Å²) in [5.41, 5.74) is 5.65. The molecule has 2 aromatic heterocycles. The molecular formula is C12H16N2OS2. The van der Waals surface area contributed by atoms with Crippen LogP contribution in [0.15, 0.2) is 17.5 Å². The Morgan fingerprint density at radius 3 is 2.82 bits per heavy atom. The van der Waals surface area contributed by atoms with Crippen molar-refractivity contribution in [2.75, 3.05) is 6.54 Å². The van der Waals surface area contributed by atoms with E-state index >= 15 is 0 Å². The molecule has 17 heavy (non-hydrogen) atoms. The minimum absolute atomic E-state index is 0.0115. The molecule has 1 amide bonds. The number of amides is 1. The number of nitrogens with two attached hydrogens (primary N) is 1. The normalized spacial score (nSPS) is 13.2. The highest BCUT2D eigenvalue weighted by atomic mass is 32.1. The van der Waals surface area contributed by atoms with Crippen molar-refractivity contribution in [1.82, 2.24) is 5.32 Å². The summed E-state index contributed by atoms with van der Waals surface area (Å²) in [5, 5.41) is 5.03. The summed E-state index contributed by atoms with van der Waals surface area (Å²) in [6, 6.07) is 4.04. The number of carbonyl (C=O) groups is 1. The second-order valence-electron chi connectivity index (χ2n) is 4.32. The molecule has 5 heteroatoms. The van der Waals surface area contributed by atoms with Crippen LogP contribution in [-0.4, -0.2) is 18.5 Å². The van der Waals surface area contributed by atoms with Crippen molar-refractivity contribution in [2.24, 2.45) is 11.7 Å². The topological polar surface area (TPSA) is 55.1 Å². The first kappa shape index (κ1) is 12.5. The van der Waals surface area contributed by atoms with Gasteiger partial charge in [-0.3, -0.25) is 4.79 Å². The highest BCUT2D eigenvalue weighted by molar-refractivity contribution is 7.27. The number of hydrogen-bond acceptors (Lipinski definition) is 4. The van der Waals surface area contributed by atoms with E-state index in [-0.39, 0.29) is 11.9 Å². The molecule has 0 spiro atoms. The van der Waals surface area contributed by atoms with Gasteiger partial charge in [0.15, 0.2) is 0 Å². The van der Waals surface area contributed by atoms with Gasteiger partial charge in [-0.2, -0.15) is 0 Å². The molecule has 0 aromatic carbocycles. The molecule has 3 nitrogen and oxygen atoms in total. The molecule has 0 aliphatic carbocycles. The Bertz CT molecular complexity index is 487. The van der Waals surface area contributed by atoms with Gasteiger partial charge in [0, 0.05) is 22.0 Å². The van der Waals surface area contributed by atoms with E-state index in [4.69, 9.17) is 5.73 Å². The SMILES string of the molecule is CC(C)C(CN)NC(=O)c1cc2sccc2s1. The Labute approximate surface area is 109 Å². The number of fused-ring (bicyclic) bond motifs is 1. The van der Waals surface area contributed by atoms with Gasteiger partial charge in [0.1, 0.15) is 0 Å². The van der Waals surface area contributed by atoms with Crippen molar-refractivity contribution in [2.45, 2.75) is 19.9 Å². The summed E-state index contributed by atoms with van der Waals surface area (Å²) < 4.78 is 2.35. The molecule has 2 rings (SSSR count). The molecule has 2 heterocycles. The van der Waals surface area contributed by atoms with E-state index in [1.54, 1.807) is 11.3 Å². The summed E-state index contributed by atoms with van der Waals surface area (Å²) in [4.78, 5) is 12.8. The van der Waals surface area contributed by atoms with E-state index in [1.165, 1.54) is 20.7 Å². The molecule has 0 aliphatic rings. The lowest BCUT2D eigenvalue weighted by Gasteiger charge is -2.19. The van der Waals surface area contributed by atoms with Crippen LogP contribution in [0.3, 0.4) is 0 Å². The van der Waals surface area contributed by atoms with E-state index in [9.17, 15) is 4.79 Å². The van der Waals surface area contributed by atoms with Crippen LogP contribution in [0.2, 0.25) is 0 Å². The molecule has 3 N–H and O–H groups in total. The second-order valence-corrected chi connectivity index (χ2v) is 6.35. The van der Waals surface area contributed by atoms with Crippen molar-refractivity contribution in [3.63, 3.8) is 0 Å². The molecule has 2 aromatic rings. The highest BCUT2D eigenvalue weighted by Crippen LogP contribution is 2.29. The Morgan fingerprint density at radius 1 is 1.47 bits per heavy atom. The molecule has 0 radical (unpaired) electrons. The van der Waals surface area contributed by atoms with Gasteiger partial charge in [-0.15, -0.1) is 22.7 Å². The maximum Gasteiger partial charge on any atom is 0.261 e. The minimum Gasteiger partial charge on any atom is -0.347 e. The van der Waals surface area contributed by atoms with E-state index in [0.717, 1.165) is 4.88 Å². The van der Waals surface area contributed by atoms with Crippen molar-refractivity contribution in [1.29, 1.82) is 0 Å². The fourth-order valence-electron chi connectivity index (χ4n) is 1.61. The quantitative estimate of drug-likeness (QED) is 0.895. The van der Waals surface area contributed by atoms with Gasteiger partial charge in [-0.05, 0) is 23.4 Å². The maximum absolute atomic E-state index is 12.0. The summed E-state index contributed by atoms with van der Waals surface area (Å²) in [5.74, 6) is 0.340. The highest BCUT2D eigenvalue weighted by Gasteiger charge is 2.17. The zero-order valence-electron chi connectivity index (χ0n) is 9.90.